The van der Waals surface area contributed by atoms with E-state index in [1.165, 1.54) is 11.3 Å². The number of carbonyl (C=O) groups excluding carboxylic acids is 1. The van der Waals surface area contributed by atoms with Gasteiger partial charge in [-0.3, -0.25) is 10.1 Å². The van der Waals surface area contributed by atoms with Crippen LogP contribution in [-0.2, 0) is 0 Å². The maximum Gasteiger partial charge on any atom is 0.257 e. The van der Waals surface area contributed by atoms with E-state index in [2.05, 4.69) is 15.5 Å². The van der Waals surface area contributed by atoms with Crippen molar-refractivity contribution < 1.29 is 4.79 Å². The van der Waals surface area contributed by atoms with E-state index in [9.17, 15) is 4.79 Å². The number of nitrogens with two attached hydrogens (primary N) is 1. The molecule has 0 atom stereocenters. The molecule has 0 unspecified atom stereocenters. The molecule has 0 aliphatic carbocycles. The SMILES string of the molecule is Cc1cc(N)cc(C(=O)Nc2nnc(C)s2)c1. The molecule has 0 bridgehead atoms. The minimum Gasteiger partial charge on any atom is -0.399 e. The van der Waals surface area contributed by atoms with Gasteiger partial charge in [0.1, 0.15) is 5.01 Å². The highest BCUT2D eigenvalue weighted by atomic mass is 32.1. The Morgan fingerprint density at radius 3 is 2.65 bits per heavy atom. The Kier molecular flexibility index (Phi) is 3.06. The first kappa shape index (κ1) is 11.5. The van der Waals surface area contributed by atoms with Crippen LogP contribution < -0.4 is 11.1 Å². The normalized spacial score (nSPS) is 10.2. The number of amides is 1. The summed E-state index contributed by atoms with van der Waals surface area (Å²) >= 11 is 1.33. The molecule has 0 aliphatic heterocycles. The van der Waals surface area contributed by atoms with Crippen molar-refractivity contribution in [2.75, 3.05) is 11.1 Å². The molecular weight excluding hydrogens is 236 g/mol. The molecule has 0 saturated carbocycles. The van der Waals surface area contributed by atoms with Gasteiger partial charge in [-0.25, -0.2) is 0 Å². The Hall–Kier alpha value is -1.95. The molecule has 17 heavy (non-hydrogen) atoms. The van der Waals surface area contributed by atoms with Crippen molar-refractivity contribution in [2.45, 2.75) is 13.8 Å². The second-order valence-corrected chi connectivity index (χ2v) is 4.89. The summed E-state index contributed by atoms with van der Waals surface area (Å²) in [5.74, 6) is -0.225. The molecule has 1 heterocycles. The zero-order chi connectivity index (χ0) is 12.4. The van der Waals surface area contributed by atoms with Crippen LogP contribution in [0.15, 0.2) is 18.2 Å². The first-order valence-corrected chi connectivity index (χ1v) is 5.85. The van der Waals surface area contributed by atoms with E-state index in [1.807, 2.05) is 19.9 Å². The van der Waals surface area contributed by atoms with Crippen LogP contribution in [0.5, 0.6) is 0 Å². The standard InChI is InChI=1S/C11H12N4OS/c1-6-3-8(5-9(12)4-6)10(16)13-11-15-14-7(2)17-11/h3-5H,12H2,1-2H3,(H,13,15,16). The van der Waals surface area contributed by atoms with Crippen molar-refractivity contribution in [1.82, 2.24) is 10.2 Å². The summed E-state index contributed by atoms with van der Waals surface area (Å²) < 4.78 is 0. The van der Waals surface area contributed by atoms with E-state index < -0.39 is 0 Å². The first-order valence-electron chi connectivity index (χ1n) is 5.03. The van der Waals surface area contributed by atoms with Gasteiger partial charge in [0.05, 0.1) is 0 Å². The zero-order valence-electron chi connectivity index (χ0n) is 9.52. The summed E-state index contributed by atoms with van der Waals surface area (Å²) in [6, 6.07) is 5.22. The second-order valence-electron chi connectivity index (χ2n) is 3.71. The molecule has 1 aromatic heterocycles. The number of rotatable bonds is 2. The summed E-state index contributed by atoms with van der Waals surface area (Å²) in [5, 5.41) is 11.6. The van der Waals surface area contributed by atoms with Crippen LogP contribution in [0.2, 0.25) is 0 Å². The predicted molar refractivity (Wildman–Crippen MR) is 68.2 cm³/mol. The van der Waals surface area contributed by atoms with Crippen LogP contribution >= 0.6 is 11.3 Å². The van der Waals surface area contributed by atoms with Crippen LogP contribution in [0.25, 0.3) is 0 Å². The molecule has 88 valence electrons. The number of aryl methyl sites for hydroxylation is 2. The molecular formula is C11H12N4OS. The summed E-state index contributed by atoms with van der Waals surface area (Å²) in [5.41, 5.74) is 7.73. The van der Waals surface area contributed by atoms with Gasteiger partial charge in [0.25, 0.3) is 5.91 Å². The van der Waals surface area contributed by atoms with Gasteiger partial charge in [-0.15, -0.1) is 10.2 Å². The highest BCUT2D eigenvalue weighted by Crippen LogP contribution is 2.16. The van der Waals surface area contributed by atoms with E-state index in [0.717, 1.165) is 10.6 Å². The summed E-state index contributed by atoms with van der Waals surface area (Å²) in [6.45, 7) is 3.72. The molecule has 1 aromatic carbocycles. The third-order valence-corrected chi connectivity index (χ3v) is 2.86. The van der Waals surface area contributed by atoms with E-state index in [0.29, 0.717) is 16.4 Å². The minimum atomic E-state index is -0.225. The van der Waals surface area contributed by atoms with Crippen LogP contribution in [0.1, 0.15) is 20.9 Å². The van der Waals surface area contributed by atoms with Gasteiger partial charge in [-0.1, -0.05) is 11.3 Å². The molecule has 0 radical (unpaired) electrons. The lowest BCUT2D eigenvalue weighted by Crippen LogP contribution is -2.12. The van der Waals surface area contributed by atoms with Crippen LogP contribution in [-0.4, -0.2) is 16.1 Å². The highest BCUT2D eigenvalue weighted by Gasteiger charge is 2.09. The average molecular weight is 248 g/mol. The van der Waals surface area contributed by atoms with E-state index in [1.54, 1.807) is 12.1 Å². The summed E-state index contributed by atoms with van der Waals surface area (Å²) in [7, 11) is 0. The number of benzene rings is 1. The largest absolute Gasteiger partial charge is 0.399 e. The molecule has 3 N–H and O–H groups in total. The Bertz CT molecular complexity index is 544. The van der Waals surface area contributed by atoms with Crippen molar-refractivity contribution in [2.24, 2.45) is 0 Å². The molecule has 5 nitrogen and oxygen atoms in total. The lowest BCUT2D eigenvalue weighted by molar-refractivity contribution is 0.102. The molecule has 2 rings (SSSR count). The second kappa shape index (κ2) is 4.50. The fourth-order valence-electron chi connectivity index (χ4n) is 1.46. The molecule has 2 aromatic rings. The van der Waals surface area contributed by atoms with Crippen molar-refractivity contribution >= 4 is 28.1 Å². The number of nitrogens with one attached hydrogen (secondary N) is 1. The van der Waals surface area contributed by atoms with Gasteiger partial charge in [0.15, 0.2) is 0 Å². The Morgan fingerprint density at radius 2 is 2.06 bits per heavy atom. The van der Waals surface area contributed by atoms with Crippen molar-refractivity contribution in [3.05, 3.63) is 34.3 Å². The highest BCUT2D eigenvalue weighted by molar-refractivity contribution is 7.15. The maximum atomic E-state index is 11.9. The maximum absolute atomic E-state index is 11.9. The number of carbonyl (C=O) groups is 1. The lowest BCUT2D eigenvalue weighted by atomic mass is 10.1. The zero-order valence-corrected chi connectivity index (χ0v) is 10.3. The number of aromatic nitrogens is 2. The fourth-order valence-corrected chi connectivity index (χ4v) is 2.05. The van der Waals surface area contributed by atoms with E-state index in [4.69, 9.17) is 5.73 Å². The minimum absolute atomic E-state index is 0.225. The molecule has 0 fully saturated rings. The monoisotopic (exact) mass is 248 g/mol. The number of hydrogen-bond donors (Lipinski definition) is 2. The number of hydrogen-bond acceptors (Lipinski definition) is 5. The third-order valence-electron chi connectivity index (χ3n) is 2.11. The topological polar surface area (TPSA) is 80.9 Å². The van der Waals surface area contributed by atoms with Crippen molar-refractivity contribution in [1.29, 1.82) is 0 Å². The van der Waals surface area contributed by atoms with Gasteiger partial charge in [0.2, 0.25) is 5.13 Å². The number of nitrogen functional groups attached to an aromatic ring is 1. The van der Waals surface area contributed by atoms with Gasteiger partial charge >= 0.3 is 0 Å². The van der Waals surface area contributed by atoms with Crippen LogP contribution in [0.4, 0.5) is 10.8 Å². The molecule has 0 saturated heterocycles. The Balaban J connectivity index is 2.19. The summed E-state index contributed by atoms with van der Waals surface area (Å²) in [6.07, 6.45) is 0. The summed E-state index contributed by atoms with van der Waals surface area (Å²) in [4.78, 5) is 11.9. The Labute approximate surface area is 103 Å². The van der Waals surface area contributed by atoms with Gasteiger partial charge in [-0.2, -0.15) is 0 Å². The van der Waals surface area contributed by atoms with Gasteiger partial charge in [0, 0.05) is 11.3 Å². The lowest BCUT2D eigenvalue weighted by Gasteiger charge is -2.04. The van der Waals surface area contributed by atoms with E-state index in [-0.39, 0.29) is 5.91 Å². The predicted octanol–water partition coefficient (Wildman–Crippen LogP) is 1.99. The quantitative estimate of drug-likeness (QED) is 0.796. The molecule has 6 heteroatoms. The number of nitrogens with zero attached hydrogens (tertiary/aromatic N) is 2. The molecule has 0 spiro atoms. The molecule has 1 amide bonds. The van der Waals surface area contributed by atoms with E-state index >= 15 is 0 Å². The average Bonchev–Trinajstić information content (AvgIpc) is 2.62. The number of anilines is 2. The smallest absolute Gasteiger partial charge is 0.257 e. The van der Waals surface area contributed by atoms with Crippen molar-refractivity contribution in [3.8, 4) is 0 Å². The fraction of sp³-hybridized carbons (Fsp3) is 0.182. The first-order chi connectivity index (χ1) is 8.04. The molecule has 0 aliphatic rings. The third kappa shape index (κ3) is 2.79. The van der Waals surface area contributed by atoms with Gasteiger partial charge < -0.3 is 5.73 Å². The van der Waals surface area contributed by atoms with Gasteiger partial charge in [-0.05, 0) is 37.6 Å². The van der Waals surface area contributed by atoms with Crippen molar-refractivity contribution in [3.63, 3.8) is 0 Å². The Morgan fingerprint density at radius 1 is 1.29 bits per heavy atom. The van der Waals surface area contributed by atoms with Crippen LogP contribution in [0, 0.1) is 13.8 Å². The van der Waals surface area contributed by atoms with Crippen LogP contribution in [0.3, 0.4) is 0 Å².